The molecule has 0 saturated heterocycles. The molecule has 9 nitrogen and oxygen atoms in total. The van der Waals surface area contributed by atoms with Crippen molar-refractivity contribution in [3.63, 3.8) is 0 Å². The molecule has 118 valence electrons. The molecule has 1 aromatic heterocycles. The molecule has 2 heterocycles. The first-order valence-corrected chi connectivity index (χ1v) is 6.75. The van der Waals surface area contributed by atoms with Gasteiger partial charge >= 0.3 is 5.97 Å². The van der Waals surface area contributed by atoms with E-state index in [2.05, 4.69) is 19.9 Å². The molecule has 0 spiro atoms. The van der Waals surface area contributed by atoms with Crippen LogP contribution in [0, 0.1) is 10.1 Å². The zero-order chi connectivity index (χ0) is 16.7. The van der Waals surface area contributed by atoms with Gasteiger partial charge < -0.3 is 5.11 Å². The van der Waals surface area contributed by atoms with Gasteiger partial charge in [0, 0.05) is 10.6 Å². The Kier molecular flexibility index (Phi) is 3.40. The summed E-state index contributed by atoms with van der Waals surface area (Å²) < 4.78 is 4.68. The van der Waals surface area contributed by atoms with E-state index in [0.717, 1.165) is 0 Å². The normalized spacial score (nSPS) is 21.4. The standard InChI is InChI=1S/C14H12N4O5/c1-6-10(14(19)20)11(13(18(21)22)7(2)15-6)8-4-3-5-9-12(8)17-23-16-9/h3-5,11,13H,1-2H3,(H,19,20). The summed E-state index contributed by atoms with van der Waals surface area (Å²) in [5, 5.41) is 28.6. The molecule has 0 amide bonds. The molecular formula is C14H12N4O5. The second kappa shape index (κ2) is 5.27. The molecule has 2 aromatic rings. The fraction of sp³-hybridized carbons (Fsp3) is 0.286. The predicted octanol–water partition coefficient (Wildman–Crippen LogP) is 1.78. The van der Waals surface area contributed by atoms with Crippen LogP contribution in [0.5, 0.6) is 0 Å². The number of allylic oxidation sites excluding steroid dienone is 1. The Balaban J connectivity index is 2.31. The summed E-state index contributed by atoms with van der Waals surface area (Å²) in [5.41, 5.74) is 1.48. The number of hydrogen-bond acceptors (Lipinski definition) is 7. The van der Waals surface area contributed by atoms with E-state index in [-0.39, 0.29) is 17.0 Å². The van der Waals surface area contributed by atoms with Crippen molar-refractivity contribution in [2.24, 2.45) is 4.99 Å². The quantitative estimate of drug-likeness (QED) is 0.674. The lowest BCUT2D eigenvalue weighted by atomic mass is 9.80. The summed E-state index contributed by atoms with van der Waals surface area (Å²) >= 11 is 0. The summed E-state index contributed by atoms with van der Waals surface area (Å²) in [7, 11) is 0. The van der Waals surface area contributed by atoms with Crippen LogP contribution in [0.2, 0.25) is 0 Å². The molecule has 23 heavy (non-hydrogen) atoms. The Bertz CT molecular complexity index is 882. The van der Waals surface area contributed by atoms with Gasteiger partial charge in [0.25, 0.3) is 6.04 Å². The van der Waals surface area contributed by atoms with Gasteiger partial charge in [0.2, 0.25) is 0 Å². The molecule has 2 unspecified atom stereocenters. The third-order valence-electron chi connectivity index (χ3n) is 3.90. The average molecular weight is 316 g/mol. The summed E-state index contributed by atoms with van der Waals surface area (Å²) in [4.78, 5) is 26.8. The zero-order valence-electron chi connectivity index (χ0n) is 12.3. The van der Waals surface area contributed by atoms with Crippen molar-refractivity contribution in [3.05, 3.63) is 45.1 Å². The number of nitrogens with zero attached hydrogens (tertiary/aromatic N) is 4. The second-order valence-electron chi connectivity index (χ2n) is 5.24. The Hall–Kier alpha value is -3.10. The number of hydrogen-bond donors (Lipinski definition) is 1. The molecule has 0 radical (unpaired) electrons. The molecule has 1 aliphatic rings. The van der Waals surface area contributed by atoms with Gasteiger partial charge in [0.15, 0.2) is 0 Å². The van der Waals surface area contributed by atoms with Crippen molar-refractivity contribution in [1.82, 2.24) is 10.3 Å². The van der Waals surface area contributed by atoms with Crippen molar-refractivity contribution >= 4 is 22.7 Å². The number of aromatic nitrogens is 2. The lowest BCUT2D eigenvalue weighted by Gasteiger charge is -2.26. The number of rotatable bonds is 3. The monoisotopic (exact) mass is 316 g/mol. The summed E-state index contributed by atoms with van der Waals surface area (Å²) in [6.07, 6.45) is 0. The number of aliphatic imine (C=N–C) groups is 1. The number of benzene rings is 1. The maximum atomic E-state index is 11.7. The Labute approximate surface area is 129 Å². The maximum Gasteiger partial charge on any atom is 0.334 e. The molecule has 0 saturated carbocycles. The molecular weight excluding hydrogens is 304 g/mol. The van der Waals surface area contributed by atoms with Gasteiger partial charge in [-0.1, -0.05) is 12.1 Å². The van der Waals surface area contributed by atoms with Crippen molar-refractivity contribution in [2.75, 3.05) is 0 Å². The Morgan fingerprint density at radius 1 is 1.35 bits per heavy atom. The second-order valence-corrected chi connectivity index (χ2v) is 5.24. The molecule has 0 bridgehead atoms. The van der Waals surface area contributed by atoms with Crippen LogP contribution in [0.15, 0.2) is 39.1 Å². The molecule has 0 fully saturated rings. The van der Waals surface area contributed by atoms with E-state index in [1.165, 1.54) is 13.8 Å². The van der Waals surface area contributed by atoms with Crippen LogP contribution >= 0.6 is 0 Å². The number of carbonyl (C=O) groups is 1. The molecule has 1 aliphatic heterocycles. The van der Waals surface area contributed by atoms with E-state index in [9.17, 15) is 20.0 Å². The highest BCUT2D eigenvalue weighted by Gasteiger charge is 2.45. The van der Waals surface area contributed by atoms with Crippen molar-refractivity contribution in [1.29, 1.82) is 0 Å². The minimum atomic E-state index is -1.29. The van der Waals surface area contributed by atoms with E-state index in [1.54, 1.807) is 18.2 Å². The van der Waals surface area contributed by atoms with Crippen molar-refractivity contribution in [2.45, 2.75) is 25.8 Å². The first-order chi connectivity index (χ1) is 10.9. The number of fused-ring (bicyclic) bond motifs is 1. The topological polar surface area (TPSA) is 132 Å². The van der Waals surface area contributed by atoms with Crippen molar-refractivity contribution in [3.8, 4) is 0 Å². The number of carboxylic acid groups (broad SMARTS) is 1. The smallest absolute Gasteiger partial charge is 0.334 e. The molecule has 0 aliphatic carbocycles. The highest BCUT2D eigenvalue weighted by atomic mass is 16.6. The van der Waals surface area contributed by atoms with Gasteiger partial charge in [-0.15, -0.1) is 0 Å². The maximum absolute atomic E-state index is 11.7. The Morgan fingerprint density at radius 2 is 2.09 bits per heavy atom. The fourth-order valence-corrected chi connectivity index (χ4v) is 2.98. The Morgan fingerprint density at radius 3 is 2.74 bits per heavy atom. The van der Waals surface area contributed by atoms with Crippen LogP contribution in [0.4, 0.5) is 0 Å². The molecule has 9 heteroatoms. The molecule has 3 rings (SSSR count). The number of nitro groups is 1. The highest BCUT2D eigenvalue weighted by molar-refractivity contribution is 5.98. The predicted molar refractivity (Wildman–Crippen MR) is 78.8 cm³/mol. The largest absolute Gasteiger partial charge is 0.478 e. The van der Waals surface area contributed by atoms with Crippen LogP contribution < -0.4 is 0 Å². The van der Waals surface area contributed by atoms with E-state index >= 15 is 0 Å². The van der Waals surface area contributed by atoms with Crippen LogP contribution in [-0.2, 0) is 4.79 Å². The van der Waals surface area contributed by atoms with Gasteiger partial charge in [-0.3, -0.25) is 15.1 Å². The van der Waals surface area contributed by atoms with Crippen LogP contribution in [-0.4, -0.2) is 38.1 Å². The zero-order valence-corrected chi connectivity index (χ0v) is 12.3. The van der Waals surface area contributed by atoms with Gasteiger partial charge in [-0.05, 0) is 35.8 Å². The summed E-state index contributed by atoms with van der Waals surface area (Å²) in [5.74, 6) is -2.26. The van der Waals surface area contributed by atoms with Crippen LogP contribution in [0.1, 0.15) is 25.3 Å². The summed E-state index contributed by atoms with van der Waals surface area (Å²) in [6, 6.07) is 3.58. The molecule has 1 N–H and O–H groups in total. The third-order valence-corrected chi connectivity index (χ3v) is 3.90. The van der Waals surface area contributed by atoms with Crippen LogP contribution in [0.25, 0.3) is 11.0 Å². The lowest BCUT2D eigenvalue weighted by Crippen LogP contribution is -2.39. The van der Waals surface area contributed by atoms with E-state index in [1.807, 2.05) is 0 Å². The SMILES string of the molecule is CC1=NC(C)=C(C(=O)O)C(c2cccc3nonc23)C1[N+](=O)[O-]. The number of carboxylic acids is 1. The minimum absolute atomic E-state index is 0.118. The van der Waals surface area contributed by atoms with Crippen molar-refractivity contribution < 1.29 is 19.5 Å². The molecule has 1 aromatic carbocycles. The van der Waals surface area contributed by atoms with Gasteiger partial charge in [-0.2, -0.15) is 0 Å². The number of aliphatic carboxylic acids is 1. The van der Waals surface area contributed by atoms with Crippen LogP contribution in [0.3, 0.4) is 0 Å². The molecule has 2 atom stereocenters. The fourth-order valence-electron chi connectivity index (χ4n) is 2.98. The summed E-state index contributed by atoms with van der Waals surface area (Å²) in [6.45, 7) is 3.04. The first-order valence-electron chi connectivity index (χ1n) is 6.75. The minimum Gasteiger partial charge on any atom is -0.478 e. The van der Waals surface area contributed by atoms with Gasteiger partial charge in [0.05, 0.1) is 17.2 Å². The van der Waals surface area contributed by atoms with Gasteiger partial charge in [-0.25, -0.2) is 9.42 Å². The first kappa shape index (κ1) is 14.8. The third kappa shape index (κ3) is 2.26. The van der Waals surface area contributed by atoms with E-state index < -0.39 is 22.9 Å². The average Bonchev–Trinajstić information content (AvgIpc) is 2.93. The van der Waals surface area contributed by atoms with E-state index in [0.29, 0.717) is 16.6 Å². The van der Waals surface area contributed by atoms with Gasteiger partial charge in [0.1, 0.15) is 11.0 Å². The lowest BCUT2D eigenvalue weighted by molar-refractivity contribution is -0.505. The van der Waals surface area contributed by atoms with E-state index in [4.69, 9.17) is 0 Å². The highest BCUT2D eigenvalue weighted by Crippen LogP contribution is 2.38.